The molecule has 0 unspecified atom stereocenters. The third kappa shape index (κ3) is 3.53. The van der Waals surface area contributed by atoms with Gasteiger partial charge >= 0.3 is 0 Å². The zero-order valence-corrected chi connectivity index (χ0v) is 14.3. The van der Waals surface area contributed by atoms with Gasteiger partial charge in [0.25, 0.3) is 5.91 Å². The van der Waals surface area contributed by atoms with Crippen molar-refractivity contribution in [3.8, 4) is 17.2 Å². The van der Waals surface area contributed by atoms with Crippen LogP contribution in [0.5, 0.6) is 17.2 Å². The van der Waals surface area contributed by atoms with E-state index in [9.17, 15) is 4.79 Å². The van der Waals surface area contributed by atoms with Gasteiger partial charge in [0.15, 0.2) is 11.5 Å². The normalized spacial score (nSPS) is 10.2. The predicted octanol–water partition coefficient (Wildman–Crippen LogP) is 2.53. The quantitative estimate of drug-likeness (QED) is 0.795. The van der Waals surface area contributed by atoms with E-state index >= 15 is 0 Å². The highest BCUT2D eigenvalue weighted by Crippen LogP contribution is 2.39. The van der Waals surface area contributed by atoms with Crippen LogP contribution in [0.3, 0.4) is 0 Å². The minimum Gasteiger partial charge on any atom is -0.493 e. The maximum Gasteiger partial charge on any atom is 0.251 e. The summed E-state index contributed by atoms with van der Waals surface area (Å²) in [6.45, 7) is 2.15. The fraction of sp³-hybridized carbons (Fsp3) is 0.278. The molecule has 0 heterocycles. The molecule has 6 nitrogen and oxygen atoms in total. The first-order valence-corrected chi connectivity index (χ1v) is 7.44. The van der Waals surface area contributed by atoms with Crippen LogP contribution in [0.15, 0.2) is 30.3 Å². The lowest BCUT2D eigenvalue weighted by Gasteiger charge is -2.16. The van der Waals surface area contributed by atoms with E-state index in [2.05, 4.69) is 5.32 Å². The van der Waals surface area contributed by atoms with Crippen molar-refractivity contribution in [2.24, 2.45) is 0 Å². The van der Waals surface area contributed by atoms with Crippen molar-refractivity contribution in [1.82, 2.24) is 5.32 Å². The Kier molecular flexibility index (Phi) is 5.52. The Hall–Kier alpha value is -2.89. The van der Waals surface area contributed by atoms with Gasteiger partial charge in [-0.05, 0) is 36.8 Å². The monoisotopic (exact) mass is 330 g/mol. The highest BCUT2D eigenvalue weighted by molar-refractivity contribution is 5.96. The van der Waals surface area contributed by atoms with Crippen LogP contribution in [0.1, 0.15) is 21.5 Å². The van der Waals surface area contributed by atoms with Gasteiger partial charge in [-0.15, -0.1) is 0 Å². The Morgan fingerprint density at radius 2 is 1.75 bits per heavy atom. The molecule has 6 heteroatoms. The number of carbonyl (C=O) groups is 1. The van der Waals surface area contributed by atoms with Gasteiger partial charge in [0.1, 0.15) is 0 Å². The van der Waals surface area contributed by atoms with Crippen molar-refractivity contribution < 1.29 is 19.0 Å². The van der Waals surface area contributed by atoms with Gasteiger partial charge in [0, 0.05) is 23.4 Å². The first-order valence-electron chi connectivity index (χ1n) is 7.44. The van der Waals surface area contributed by atoms with Crippen LogP contribution >= 0.6 is 0 Å². The molecule has 2 aromatic carbocycles. The Morgan fingerprint density at radius 3 is 2.38 bits per heavy atom. The fourth-order valence-electron chi connectivity index (χ4n) is 2.46. The van der Waals surface area contributed by atoms with E-state index in [0.29, 0.717) is 28.5 Å². The van der Waals surface area contributed by atoms with Crippen molar-refractivity contribution in [2.45, 2.75) is 13.5 Å². The molecule has 3 N–H and O–H groups in total. The molecular formula is C18H22N2O4. The molecule has 128 valence electrons. The average Bonchev–Trinajstić information content (AvgIpc) is 2.60. The topological polar surface area (TPSA) is 82.8 Å². The van der Waals surface area contributed by atoms with E-state index in [1.54, 1.807) is 39.5 Å². The average molecular weight is 330 g/mol. The molecule has 0 saturated heterocycles. The first-order chi connectivity index (χ1) is 11.5. The summed E-state index contributed by atoms with van der Waals surface area (Å²) >= 11 is 0. The number of amides is 1. The van der Waals surface area contributed by atoms with Crippen molar-refractivity contribution >= 4 is 11.6 Å². The molecule has 0 aliphatic rings. The number of ether oxygens (including phenoxy) is 3. The highest BCUT2D eigenvalue weighted by Gasteiger charge is 2.17. The lowest BCUT2D eigenvalue weighted by atomic mass is 10.1. The van der Waals surface area contributed by atoms with E-state index in [4.69, 9.17) is 19.9 Å². The number of aryl methyl sites for hydroxylation is 1. The highest BCUT2D eigenvalue weighted by atomic mass is 16.5. The maximum atomic E-state index is 12.4. The molecule has 1 amide bonds. The van der Waals surface area contributed by atoms with Crippen LogP contribution in [0.4, 0.5) is 5.69 Å². The molecule has 2 aromatic rings. The summed E-state index contributed by atoms with van der Waals surface area (Å²) in [5, 5.41) is 2.88. The first kappa shape index (κ1) is 17.5. The summed E-state index contributed by atoms with van der Waals surface area (Å²) in [7, 11) is 4.64. The van der Waals surface area contributed by atoms with E-state index < -0.39 is 0 Å². The third-order valence-electron chi connectivity index (χ3n) is 3.73. The Morgan fingerprint density at radius 1 is 1.04 bits per heavy atom. The number of benzene rings is 2. The Balaban J connectivity index is 2.23. The summed E-state index contributed by atoms with van der Waals surface area (Å²) < 4.78 is 16.0. The number of anilines is 1. The second-order valence-electron chi connectivity index (χ2n) is 5.25. The summed E-state index contributed by atoms with van der Waals surface area (Å²) in [6, 6.07) is 8.85. The molecule has 0 aliphatic carbocycles. The smallest absolute Gasteiger partial charge is 0.251 e. The molecular weight excluding hydrogens is 308 g/mol. The molecule has 24 heavy (non-hydrogen) atoms. The standard InChI is InChI=1S/C18H22N2O4/c1-11-5-7-13(19)9-14(11)18(21)20-10-12-6-8-15(22-2)17(24-4)16(12)23-3/h5-9H,10,19H2,1-4H3,(H,20,21). The number of carbonyl (C=O) groups excluding carboxylic acids is 1. The number of nitrogen functional groups attached to an aromatic ring is 1. The van der Waals surface area contributed by atoms with E-state index in [-0.39, 0.29) is 12.5 Å². The molecule has 0 saturated carbocycles. The van der Waals surface area contributed by atoms with Crippen molar-refractivity contribution in [3.05, 3.63) is 47.0 Å². The lowest BCUT2D eigenvalue weighted by molar-refractivity contribution is 0.0950. The SMILES string of the molecule is COc1ccc(CNC(=O)c2cc(N)ccc2C)c(OC)c1OC. The maximum absolute atomic E-state index is 12.4. The third-order valence-corrected chi connectivity index (χ3v) is 3.73. The molecule has 0 radical (unpaired) electrons. The molecule has 0 atom stereocenters. The van der Waals surface area contributed by atoms with Crippen LogP contribution in [0.2, 0.25) is 0 Å². The number of hydrogen-bond donors (Lipinski definition) is 2. The molecule has 0 aromatic heterocycles. The minimum absolute atomic E-state index is 0.198. The van der Waals surface area contributed by atoms with Gasteiger partial charge in [-0.1, -0.05) is 6.07 Å². The number of hydrogen-bond acceptors (Lipinski definition) is 5. The predicted molar refractivity (Wildman–Crippen MR) is 92.9 cm³/mol. The van der Waals surface area contributed by atoms with Gasteiger partial charge in [0.2, 0.25) is 5.75 Å². The molecule has 0 fully saturated rings. The Bertz CT molecular complexity index is 744. The van der Waals surface area contributed by atoms with E-state index in [1.165, 1.54) is 0 Å². The fourth-order valence-corrected chi connectivity index (χ4v) is 2.46. The minimum atomic E-state index is -0.198. The summed E-state index contributed by atoms with van der Waals surface area (Å²) in [6.07, 6.45) is 0. The van der Waals surface area contributed by atoms with Gasteiger partial charge < -0.3 is 25.3 Å². The van der Waals surface area contributed by atoms with Crippen LogP contribution in [-0.2, 0) is 6.54 Å². The molecule has 2 rings (SSSR count). The number of methoxy groups -OCH3 is 3. The number of nitrogens with one attached hydrogen (secondary N) is 1. The Labute approximate surface area is 141 Å². The van der Waals surface area contributed by atoms with Crippen LogP contribution in [-0.4, -0.2) is 27.2 Å². The van der Waals surface area contributed by atoms with Gasteiger partial charge in [-0.25, -0.2) is 0 Å². The molecule has 0 aliphatic heterocycles. The summed E-state index contributed by atoms with van der Waals surface area (Å²) in [5.74, 6) is 1.39. The summed E-state index contributed by atoms with van der Waals surface area (Å²) in [5.41, 5.74) is 8.50. The van der Waals surface area contributed by atoms with E-state index in [1.807, 2.05) is 19.1 Å². The van der Waals surface area contributed by atoms with Crippen LogP contribution in [0.25, 0.3) is 0 Å². The number of rotatable bonds is 6. The van der Waals surface area contributed by atoms with Crippen molar-refractivity contribution in [1.29, 1.82) is 0 Å². The largest absolute Gasteiger partial charge is 0.493 e. The zero-order valence-electron chi connectivity index (χ0n) is 14.3. The van der Waals surface area contributed by atoms with Crippen molar-refractivity contribution in [3.63, 3.8) is 0 Å². The lowest BCUT2D eigenvalue weighted by Crippen LogP contribution is -2.24. The second-order valence-corrected chi connectivity index (χ2v) is 5.25. The van der Waals surface area contributed by atoms with Gasteiger partial charge in [-0.3, -0.25) is 4.79 Å². The molecule has 0 spiro atoms. The zero-order chi connectivity index (χ0) is 17.7. The van der Waals surface area contributed by atoms with Crippen LogP contribution in [0, 0.1) is 6.92 Å². The number of nitrogens with two attached hydrogens (primary N) is 1. The van der Waals surface area contributed by atoms with Gasteiger partial charge in [-0.2, -0.15) is 0 Å². The van der Waals surface area contributed by atoms with Gasteiger partial charge in [0.05, 0.1) is 21.3 Å². The second kappa shape index (κ2) is 7.59. The van der Waals surface area contributed by atoms with Crippen LogP contribution < -0.4 is 25.3 Å². The molecule has 0 bridgehead atoms. The van der Waals surface area contributed by atoms with Crippen molar-refractivity contribution in [2.75, 3.05) is 27.1 Å². The van der Waals surface area contributed by atoms with E-state index in [0.717, 1.165) is 11.1 Å². The summed E-state index contributed by atoms with van der Waals surface area (Å²) in [4.78, 5) is 12.4.